The molecular weight excluding hydrogens is 615 g/mol. The number of rotatable bonds is 7. The SMILES string of the molecule is CC(C)(O)C(C)(C)OBc1cc(-c2nc(-c3ccccc3)c3sc4ccccc4c3n2)ccc1-c1ccc2sc3ccccc3c2c1. The van der Waals surface area contributed by atoms with Crippen molar-refractivity contribution >= 4 is 76.1 Å². The molecule has 0 atom stereocenters. The Bertz CT molecular complexity index is 2440. The molecule has 0 unspecified atom stereocenters. The number of aliphatic hydroxyl groups is 1. The van der Waals surface area contributed by atoms with Crippen LogP contribution in [-0.4, -0.2) is 33.8 Å². The monoisotopic (exact) mass is 648 g/mol. The lowest BCUT2D eigenvalue weighted by molar-refractivity contribution is -0.0893. The van der Waals surface area contributed by atoms with Crippen molar-refractivity contribution in [2.24, 2.45) is 0 Å². The van der Waals surface area contributed by atoms with E-state index in [2.05, 4.69) is 109 Å². The minimum absolute atomic E-state index is 0.317. The smallest absolute Gasteiger partial charge is 0.310 e. The van der Waals surface area contributed by atoms with Gasteiger partial charge in [-0.25, -0.2) is 9.97 Å². The lowest BCUT2D eigenvalue weighted by Gasteiger charge is -2.37. The van der Waals surface area contributed by atoms with Crippen LogP contribution in [-0.2, 0) is 4.65 Å². The van der Waals surface area contributed by atoms with Crippen LogP contribution in [0.3, 0.4) is 0 Å². The van der Waals surface area contributed by atoms with Crippen molar-refractivity contribution in [2.75, 3.05) is 0 Å². The molecule has 8 rings (SSSR count). The van der Waals surface area contributed by atoms with Crippen LogP contribution >= 0.6 is 22.7 Å². The van der Waals surface area contributed by atoms with E-state index in [9.17, 15) is 5.11 Å². The second-order valence-electron chi connectivity index (χ2n) is 13.1. The minimum atomic E-state index is -1.03. The predicted octanol–water partition coefficient (Wildman–Crippen LogP) is 9.76. The molecule has 0 spiro atoms. The second kappa shape index (κ2) is 11.4. The molecule has 8 aromatic rings. The van der Waals surface area contributed by atoms with Crippen LogP contribution in [0.1, 0.15) is 27.7 Å². The van der Waals surface area contributed by atoms with Gasteiger partial charge in [0.25, 0.3) is 0 Å². The van der Waals surface area contributed by atoms with Crippen molar-refractivity contribution < 1.29 is 9.76 Å². The van der Waals surface area contributed by atoms with Crippen molar-refractivity contribution in [2.45, 2.75) is 38.9 Å². The zero-order valence-corrected chi connectivity index (χ0v) is 28.4. The van der Waals surface area contributed by atoms with Crippen molar-refractivity contribution in [3.8, 4) is 33.8 Å². The largest absolute Gasteiger partial charge is 0.427 e. The predicted molar refractivity (Wildman–Crippen MR) is 202 cm³/mol. The van der Waals surface area contributed by atoms with Gasteiger partial charge in [-0.15, -0.1) is 22.7 Å². The van der Waals surface area contributed by atoms with Gasteiger partial charge in [-0.05, 0) is 68.6 Å². The van der Waals surface area contributed by atoms with Crippen molar-refractivity contribution in [1.29, 1.82) is 0 Å². The maximum atomic E-state index is 10.9. The van der Waals surface area contributed by atoms with Gasteiger partial charge in [0.15, 0.2) is 5.82 Å². The van der Waals surface area contributed by atoms with Gasteiger partial charge in [-0.2, -0.15) is 0 Å². The fraction of sp³-hybridized carbons (Fsp3) is 0.150. The van der Waals surface area contributed by atoms with E-state index >= 15 is 0 Å². The number of aromatic nitrogens is 2. The van der Waals surface area contributed by atoms with Gasteiger partial charge in [0.1, 0.15) is 0 Å². The maximum Gasteiger partial charge on any atom is 0.310 e. The summed E-state index contributed by atoms with van der Waals surface area (Å²) >= 11 is 3.56. The van der Waals surface area contributed by atoms with E-state index in [-0.39, 0.29) is 0 Å². The molecule has 0 bridgehead atoms. The number of fused-ring (bicyclic) bond motifs is 6. The van der Waals surface area contributed by atoms with Crippen molar-refractivity contribution in [3.05, 3.63) is 115 Å². The molecule has 0 radical (unpaired) electrons. The Balaban J connectivity index is 1.31. The summed E-state index contributed by atoms with van der Waals surface area (Å²) in [6.45, 7) is 7.45. The van der Waals surface area contributed by atoms with E-state index in [4.69, 9.17) is 14.6 Å². The molecular formula is C40H33BN2O2S2. The molecule has 4 nitrogen and oxygen atoms in total. The third kappa shape index (κ3) is 5.33. The second-order valence-corrected chi connectivity index (χ2v) is 15.2. The van der Waals surface area contributed by atoms with Gasteiger partial charge in [0, 0.05) is 41.4 Å². The lowest BCUT2D eigenvalue weighted by Crippen LogP contribution is -2.49. The molecule has 0 saturated carbocycles. The summed E-state index contributed by atoms with van der Waals surface area (Å²) in [5.74, 6) is 0.675. The molecule has 47 heavy (non-hydrogen) atoms. The van der Waals surface area contributed by atoms with E-state index in [0.717, 1.165) is 49.0 Å². The summed E-state index contributed by atoms with van der Waals surface area (Å²) in [6.07, 6.45) is 0. The van der Waals surface area contributed by atoms with Crippen LogP contribution in [0, 0.1) is 0 Å². The van der Waals surface area contributed by atoms with E-state index in [1.54, 1.807) is 25.2 Å². The van der Waals surface area contributed by atoms with Gasteiger partial charge < -0.3 is 9.76 Å². The first-order chi connectivity index (χ1) is 22.7. The molecule has 1 N–H and O–H groups in total. The number of hydrogen-bond donors (Lipinski definition) is 1. The average molecular weight is 649 g/mol. The Labute approximate surface area is 282 Å². The zero-order chi connectivity index (χ0) is 32.3. The molecule has 0 saturated heterocycles. The summed E-state index contributed by atoms with van der Waals surface area (Å²) in [7, 11) is 0.317. The van der Waals surface area contributed by atoms with E-state index in [1.807, 2.05) is 31.3 Å². The van der Waals surface area contributed by atoms with Gasteiger partial charge in [-0.3, -0.25) is 0 Å². The zero-order valence-electron chi connectivity index (χ0n) is 26.7. The topological polar surface area (TPSA) is 55.2 Å². The van der Waals surface area contributed by atoms with Crippen LogP contribution in [0.5, 0.6) is 0 Å². The highest BCUT2D eigenvalue weighted by atomic mass is 32.1. The Morgan fingerprint density at radius 3 is 2.04 bits per heavy atom. The summed E-state index contributed by atoms with van der Waals surface area (Å²) in [5, 5.41) is 14.6. The Morgan fingerprint density at radius 2 is 1.28 bits per heavy atom. The molecule has 0 aliphatic heterocycles. The quantitative estimate of drug-likeness (QED) is 0.175. The average Bonchev–Trinajstić information content (AvgIpc) is 3.65. The van der Waals surface area contributed by atoms with Gasteiger partial charge >= 0.3 is 7.48 Å². The van der Waals surface area contributed by atoms with E-state index < -0.39 is 11.2 Å². The van der Waals surface area contributed by atoms with Gasteiger partial charge in [0.05, 0.1) is 27.1 Å². The van der Waals surface area contributed by atoms with Crippen LogP contribution in [0.2, 0.25) is 0 Å². The summed E-state index contributed by atoms with van der Waals surface area (Å²) in [6, 6.07) is 40.6. The molecule has 230 valence electrons. The van der Waals surface area contributed by atoms with Crippen LogP contribution in [0.15, 0.2) is 115 Å². The van der Waals surface area contributed by atoms with Crippen LogP contribution < -0.4 is 5.46 Å². The Kier molecular flexibility index (Phi) is 7.26. The molecule has 0 amide bonds. The first kappa shape index (κ1) is 30.0. The molecule has 0 fully saturated rings. The third-order valence-electron chi connectivity index (χ3n) is 9.38. The molecule has 7 heteroatoms. The fourth-order valence-corrected chi connectivity index (χ4v) is 8.21. The fourth-order valence-electron chi connectivity index (χ4n) is 5.97. The maximum absolute atomic E-state index is 10.9. The first-order valence-electron chi connectivity index (χ1n) is 15.8. The number of thiophene rings is 2. The standard InChI is InChI=1S/C40H33BN2O2S2/c1-39(2,44)40(3,4)45-41-31-23-26(18-20-27(31)25-19-21-34-30(22-25)28-14-8-10-16-32(28)46-34)38-42-35(24-12-6-5-7-13-24)37-36(43-38)29-15-9-11-17-33(29)47-37/h5-23,41,44H,1-4H3. The van der Waals surface area contributed by atoms with E-state index in [0.29, 0.717) is 13.3 Å². The first-order valence-corrected chi connectivity index (χ1v) is 17.5. The number of hydrogen-bond acceptors (Lipinski definition) is 6. The normalized spacial score (nSPS) is 12.4. The number of benzene rings is 5. The summed E-state index contributed by atoms with van der Waals surface area (Å²) in [4.78, 5) is 10.4. The van der Waals surface area contributed by atoms with Crippen molar-refractivity contribution in [3.63, 3.8) is 0 Å². The lowest BCUT2D eigenvalue weighted by atomic mass is 9.78. The van der Waals surface area contributed by atoms with Crippen LogP contribution in [0.25, 0.3) is 74.2 Å². The third-order valence-corrected chi connectivity index (χ3v) is 11.7. The summed E-state index contributed by atoms with van der Waals surface area (Å²) < 4.78 is 11.3. The minimum Gasteiger partial charge on any atom is -0.427 e. The van der Waals surface area contributed by atoms with Crippen molar-refractivity contribution in [1.82, 2.24) is 9.97 Å². The Hall–Kier alpha value is -4.40. The summed E-state index contributed by atoms with van der Waals surface area (Å²) in [5.41, 5.74) is 5.30. The Morgan fingerprint density at radius 1 is 0.617 bits per heavy atom. The molecule has 0 aliphatic rings. The number of nitrogens with zero attached hydrogens (tertiary/aromatic N) is 2. The van der Waals surface area contributed by atoms with Gasteiger partial charge in [-0.1, -0.05) is 91.0 Å². The molecule has 3 aromatic heterocycles. The van der Waals surface area contributed by atoms with Gasteiger partial charge in [0.2, 0.25) is 0 Å². The highest BCUT2D eigenvalue weighted by Crippen LogP contribution is 2.40. The van der Waals surface area contributed by atoms with E-state index in [1.165, 1.54) is 24.9 Å². The molecule has 0 aliphatic carbocycles. The molecule has 5 aromatic carbocycles. The van der Waals surface area contributed by atoms with Crippen LogP contribution in [0.4, 0.5) is 0 Å². The highest BCUT2D eigenvalue weighted by Gasteiger charge is 2.36. The highest BCUT2D eigenvalue weighted by molar-refractivity contribution is 7.26. The molecule has 3 heterocycles.